The Labute approximate surface area is 103 Å². The van der Waals surface area contributed by atoms with Gasteiger partial charge in [-0.3, -0.25) is 4.79 Å². The molecule has 1 atom stereocenters. The fraction of sp³-hybridized carbons (Fsp3) is 0.500. The summed E-state index contributed by atoms with van der Waals surface area (Å²) in [5.74, 6) is 0.513. The molecule has 0 spiro atoms. The van der Waals surface area contributed by atoms with Crippen LogP contribution in [0.1, 0.15) is 38.2 Å². The Hall–Kier alpha value is -1.35. The van der Waals surface area contributed by atoms with Crippen LogP contribution in [0.5, 0.6) is 0 Å². The molecule has 0 bridgehead atoms. The normalized spacial score (nSPS) is 19.6. The number of hydrogen-bond donors (Lipinski definition) is 2. The summed E-state index contributed by atoms with van der Waals surface area (Å²) in [5.41, 5.74) is 2.14. The van der Waals surface area contributed by atoms with E-state index in [2.05, 4.69) is 30.5 Å². The van der Waals surface area contributed by atoms with E-state index in [0.717, 1.165) is 25.1 Å². The van der Waals surface area contributed by atoms with E-state index in [9.17, 15) is 4.79 Å². The van der Waals surface area contributed by atoms with Crippen molar-refractivity contribution in [3.8, 4) is 0 Å². The molecule has 1 saturated heterocycles. The van der Waals surface area contributed by atoms with Gasteiger partial charge in [-0.1, -0.05) is 32.0 Å². The van der Waals surface area contributed by atoms with Gasteiger partial charge in [-0.2, -0.15) is 0 Å². The molecule has 2 N–H and O–H groups in total. The van der Waals surface area contributed by atoms with Crippen molar-refractivity contribution >= 4 is 11.6 Å². The summed E-state index contributed by atoms with van der Waals surface area (Å²) >= 11 is 0. The summed E-state index contributed by atoms with van der Waals surface area (Å²) in [5, 5.41) is 6.25. The first-order valence-corrected chi connectivity index (χ1v) is 6.31. The van der Waals surface area contributed by atoms with E-state index in [4.69, 9.17) is 0 Å². The Morgan fingerprint density at radius 2 is 2.18 bits per heavy atom. The number of hydrogen-bond acceptors (Lipinski definition) is 2. The molecule has 1 aliphatic heterocycles. The highest BCUT2D eigenvalue weighted by Gasteiger charge is 2.22. The first-order chi connectivity index (χ1) is 8.18. The fourth-order valence-electron chi connectivity index (χ4n) is 2.24. The second-order valence-corrected chi connectivity index (χ2v) is 4.88. The lowest BCUT2D eigenvalue weighted by atomic mass is 10.0. The van der Waals surface area contributed by atoms with Gasteiger partial charge in [-0.25, -0.2) is 0 Å². The molecular weight excluding hydrogens is 212 g/mol. The molecule has 1 aromatic carbocycles. The van der Waals surface area contributed by atoms with E-state index in [1.54, 1.807) is 0 Å². The molecule has 2 rings (SSSR count). The molecule has 1 heterocycles. The summed E-state index contributed by atoms with van der Waals surface area (Å²) < 4.78 is 0. The van der Waals surface area contributed by atoms with Crippen LogP contribution in [-0.2, 0) is 4.79 Å². The lowest BCUT2D eigenvalue weighted by molar-refractivity contribution is -0.117. The van der Waals surface area contributed by atoms with Crippen LogP contribution in [0.3, 0.4) is 0 Å². The SMILES string of the molecule is CC(C)c1ccccc1NC(=O)[C@@H]1CCCN1. The quantitative estimate of drug-likeness (QED) is 0.840. The van der Waals surface area contributed by atoms with Gasteiger partial charge in [0.1, 0.15) is 0 Å². The third-order valence-electron chi connectivity index (χ3n) is 3.22. The predicted molar refractivity (Wildman–Crippen MR) is 70.2 cm³/mol. The number of para-hydroxylation sites is 1. The van der Waals surface area contributed by atoms with Crippen molar-refractivity contribution in [2.24, 2.45) is 0 Å². The van der Waals surface area contributed by atoms with Crippen LogP contribution < -0.4 is 10.6 Å². The van der Waals surface area contributed by atoms with Gasteiger partial charge in [-0.05, 0) is 36.9 Å². The maximum atomic E-state index is 12.0. The third kappa shape index (κ3) is 2.86. The molecule has 1 aromatic rings. The number of benzene rings is 1. The summed E-state index contributed by atoms with van der Waals surface area (Å²) in [7, 11) is 0. The van der Waals surface area contributed by atoms with Gasteiger partial charge in [-0.15, -0.1) is 0 Å². The highest BCUT2D eigenvalue weighted by molar-refractivity contribution is 5.95. The number of carbonyl (C=O) groups is 1. The van der Waals surface area contributed by atoms with Crippen molar-refractivity contribution in [3.63, 3.8) is 0 Å². The van der Waals surface area contributed by atoms with E-state index in [-0.39, 0.29) is 11.9 Å². The predicted octanol–water partition coefficient (Wildman–Crippen LogP) is 2.50. The second-order valence-electron chi connectivity index (χ2n) is 4.88. The Morgan fingerprint density at radius 3 is 2.82 bits per heavy atom. The van der Waals surface area contributed by atoms with Gasteiger partial charge >= 0.3 is 0 Å². The van der Waals surface area contributed by atoms with Crippen molar-refractivity contribution in [3.05, 3.63) is 29.8 Å². The maximum absolute atomic E-state index is 12.0. The standard InChI is InChI=1S/C14H20N2O/c1-10(2)11-6-3-4-7-12(11)16-14(17)13-8-5-9-15-13/h3-4,6-7,10,13,15H,5,8-9H2,1-2H3,(H,16,17)/t13-/m0/s1. The van der Waals surface area contributed by atoms with Gasteiger partial charge in [0, 0.05) is 5.69 Å². The summed E-state index contributed by atoms with van der Waals surface area (Å²) in [6, 6.07) is 8.00. The molecule has 3 heteroatoms. The smallest absolute Gasteiger partial charge is 0.241 e. The van der Waals surface area contributed by atoms with E-state index in [1.165, 1.54) is 5.56 Å². The highest BCUT2D eigenvalue weighted by atomic mass is 16.2. The molecule has 3 nitrogen and oxygen atoms in total. The number of carbonyl (C=O) groups excluding carboxylic acids is 1. The largest absolute Gasteiger partial charge is 0.324 e. The molecule has 0 aliphatic carbocycles. The van der Waals surface area contributed by atoms with E-state index in [0.29, 0.717) is 5.92 Å². The van der Waals surface area contributed by atoms with Crippen LogP contribution in [0.2, 0.25) is 0 Å². The number of amides is 1. The lowest BCUT2D eigenvalue weighted by Crippen LogP contribution is -2.35. The van der Waals surface area contributed by atoms with Gasteiger partial charge in [0.2, 0.25) is 5.91 Å². The van der Waals surface area contributed by atoms with Crippen molar-refractivity contribution in [2.75, 3.05) is 11.9 Å². The van der Waals surface area contributed by atoms with Crippen molar-refractivity contribution in [1.29, 1.82) is 0 Å². The van der Waals surface area contributed by atoms with Gasteiger partial charge in [0.15, 0.2) is 0 Å². The number of nitrogens with one attached hydrogen (secondary N) is 2. The molecular formula is C14H20N2O. The van der Waals surface area contributed by atoms with E-state index in [1.807, 2.05) is 18.2 Å². The molecule has 1 aliphatic rings. The minimum absolute atomic E-state index is 0.0183. The minimum atomic E-state index is -0.0183. The van der Waals surface area contributed by atoms with Crippen molar-refractivity contribution in [1.82, 2.24) is 5.32 Å². The molecule has 1 fully saturated rings. The second kappa shape index (κ2) is 5.32. The molecule has 1 amide bonds. The van der Waals surface area contributed by atoms with E-state index >= 15 is 0 Å². The topological polar surface area (TPSA) is 41.1 Å². The first kappa shape index (κ1) is 12.1. The van der Waals surface area contributed by atoms with E-state index < -0.39 is 0 Å². The van der Waals surface area contributed by atoms with Crippen LogP contribution >= 0.6 is 0 Å². The molecule has 0 unspecified atom stereocenters. The Kier molecular flexibility index (Phi) is 3.79. The Bertz CT molecular complexity index is 395. The summed E-state index contributed by atoms with van der Waals surface area (Å²) in [6.45, 7) is 5.22. The zero-order valence-corrected chi connectivity index (χ0v) is 10.5. The summed E-state index contributed by atoms with van der Waals surface area (Å²) in [4.78, 5) is 12.0. The van der Waals surface area contributed by atoms with Crippen LogP contribution in [0, 0.1) is 0 Å². The van der Waals surface area contributed by atoms with Crippen molar-refractivity contribution in [2.45, 2.75) is 38.6 Å². The zero-order chi connectivity index (χ0) is 12.3. The molecule has 17 heavy (non-hydrogen) atoms. The van der Waals surface area contributed by atoms with Gasteiger partial charge in [0.05, 0.1) is 6.04 Å². The molecule has 0 aromatic heterocycles. The number of rotatable bonds is 3. The molecule has 0 radical (unpaired) electrons. The first-order valence-electron chi connectivity index (χ1n) is 6.31. The fourth-order valence-corrected chi connectivity index (χ4v) is 2.24. The number of anilines is 1. The molecule has 0 saturated carbocycles. The van der Waals surface area contributed by atoms with Crippen LogP contribution in [-0.4, -0.2) is 18.5 Å². The zero-order valence-electron chi connectivity index (χ0n) is 10.5. The molecule has 92 valence electrons. The monoisotopic (exact) mass is 232 g/mol. The minimum Gasteiger partial charge on any atom is -0.324 e. The maximum Gasteiger partial charge on any atom is 0.241 e. The van der Waals surface area contributed by atoms with Crippen LogP contribution in [0.15, 0.2) is 24.3 Å². The lowest BCUT2D eigenvalue weighted by Gasteiger charge is -2.16. The Balaban J connectivity index is 2.09. The average Bonchev–Trinajstić information content (AvgIpc) is 2.83. The average molecular weight is 232 g/mol. The highest BCUT2D eigenvalue weighted by Crippen LogP contribution is 2.24. The third-order valence-corrected chi connectivity index (χ3v) is 3.22. The van der Waals surface area contributed by atoms with Gasteiger partial charge < -0.3 is 10.6 Å². The Morgan fingerprint density at radius 1 is 1.41 bits per heavy atom. The van der Waals surface area contributed by atoms with Crippen LogP contribution in [0.4, 0.5) is 5.69 Å². The van der Waals surface area contributed by atoms with Gasteiger partial charge in [0.25, 0.3) is 0 Å². The van der Waals surface area contributed by atoms with Crippen LogP contribution in [0.25, 0.3) is 0 Å². The van der Waals surface area contributed by atoms with Crippen molar-refractivity contribution < 1.29 is 4.79 Å². The summed E-state index contributed by atoms with van der Waals surface area (Å²) in [6.07, 6.45) is 2.03.